The summed E-state index contributed by atoms with van der Waals surface area (Å²) in [4.78, 5) is 24.0. The van der Waals surface area contributed by atoms with E-state index in [9.17, 15) is 10.1 Å². The first-order valence-electron chi connectivity index (χ1n) is 12.6. The van der Waals surface area contributed by atoms with E-state index in [1.807, 2.05) is 17.0 Å². The fourth-order valence-electron chi connectivity index (χ4n) is 6.39. The van der Waals surface area contributed by atoms with Gasteiger partial charge >= 0.3 is 0 Å². The molecule has 194 valence electrons. The lowest BCUT2D eigenvalue weighted by Crippen LogP contribution is -2.45. The van der Waals surface area contributed by atoms with Crippen molar-refractivity contribution in [2.45, 2.75) is 38.2 Å². The van der Waals surface area contributed by atoms with Crippen molar-refractivity contribution < 1.29 is 13.6 Å². The number of hydrogen-bond acceptors (Lipinski definition) is 7. The average Bonchev–Trinajstić information content (AvgIpc) is 3.35. The molecule has 6 rings (SSSR count). The highest BCUT2D eigenvalue weighted by Crippen LogP contribution is 2.52. The van der Waals surface area contributed by atoms with Crippen LogP contribution in [-0.2, 0) is 17.1 Å². The summed E-state index contributed by atoms with van der Waals surface area (Å²) >= 11 is 0. The number of halogens is 2. The normalized spacial score (nSPS) is 20.8. The van der Waals surface area contributed by atoms with Gasteiger partial charge in [0.25, 0.3) is 5.92 Å². The Morgan fingerprint density at radius 3 is 2.55 bits per heavy atom. The maximum absolute atomic E-state index is 15.1. The zero-order chi connectivity index (χ0) is 26.8. The molecule has 1 aliphatic carbocycles. The van der Waals surface area contributed by atoms with Crippen molar-refractivity contribution in [3.63, 3.8) is 0 Å². The van der Waals surface area contributed by atoms with E-state index in [-0.39, 0.29) is 45.5 Å². The molecule has 0 saturated carbocycles. The van der Waals surface area contributed by atoms with Gasteiger partial charge in [-0.25, -0.2) is 9.97 Å². The van der Waals surface area contributed by atoms with Crippen LogP contribution in [0.1, 0.15) is 48.2 Å². The Balaban J connectivity index is 1.32. The standard InChI is InChI=1S/C28H27F2N7O/c1-16(38)37-15-28(29,30)22-19(7-4-8-21(22)37)23-25(33)35-26(20(14-31)34-23)36-11-9-27(10-12-36)13-17-5-2-3-6-18(17)24(27)32/h2-8,24H,9-13,15,32H2,1H3,(H2,33,35)/t24-/m1/s1. The molecule has 1 spiro atoms. The molecule has 2 aliphatic heterocycles. The Bertz CT molecular complexity index is 1510. The first-order valence-corrected chi connectivity index (χ1v) is 12.6. The highest BCUT2D eigenvalue weighted by atomic mass is 19.3. The fraction of sp³-hybridized carbons (Fsp3) is 0.357. The molecule has 0 radical (unpaired) electrons. The number of hydrogen-bond donors (Lipinski definition) is 2. The second-order valence-electron chi connectivity index (χ2n) is 10.5. The predicted octanol–water partition coefficient (Wildman–Crippen LogP) is 3.90. The molecule has 4 N–H and O–H groups in total. The number of nitriles is 1. The minimum atomic E-state index is -3.30. The summed E-state index contributed by atoms with van der Waals surface area (Å²) in [5, 5.41) is 9.95. The van der Waals surface area contributed by atoms with E-state index in [1.54, 1.807) is 6.07 Å². The van der Waals surface area contributed by atoms with Crippen LogP contribution in [0.5, 0.6) is 0 Å². The van der Waals surface area contributed by atoms with Gasteiger partial charge in [0.15, 0.2) is 17.3 Å². The minimum absolute atomic E-state index is 0.00831. The van der Waals surface area contributed by atoms with Crippen LogP contribution in [0.15, 0.2) is 42.5 Å². The largest absolute Gasteiger partial charge is 0.382 e. The van der Waals surface area contributed by atoms with Crippen molar-refractivity contribution in [1.29, 1.82) is 5.26 Å². The number of carbonyl (C=O) groups is 1. The molecule has 1 amide bonds. The number of alkyl halides is 2. The maximum atomic E-state index is 15.1. The van der Waals surface area contributed by atoms with Gasteiger partial charge in [0, 0.05) is 31.6 Å². The Morgan fingerprint density at radius 1 is 1.13 bits per heavy atom. The summed E-state index contributed by atoms with van der Waals surface area (Å²) in [6.07, 6.45) is 2.55. The second-order valence-corrected chi connectivity index (χ2v) is 10.5. The fourth-order valence-corrected chi connectivity index (χ4v) is 6.39. The van der Waals surface area contributed by atoms with Crippen molar-refractivity contribution in [3.8, 4) is 17.3 Å². The Hall–Kier alpha value is -4.10. The van der Waals surface area contributed by atoms with E-state index in [2.05, 4.69) is 28.2 Å². The smallest absolute Gasteiger partial charge is 0.293 e. The zero-order valence-corrected chi connectivity index (χ0v) is 20.9. The number of nitrogen functional groups attached to an aromatic ring is 1. The summed E-state index contributed by atoms with van der Waals surface area (Å²) in [6.45, 7) is 1.73. The van der Waals surface area contributed by atoms with Gasteiger partial charge in [-0.1, -0.05) is 36.4 Å². The van der Waals surface area contributed by atoms with Gasteiger partial charge in [-0.3, -0.25) is 4.79 Å². The summed E-state index contributed by atoms with van der Waals surface area (Å²) in [5.74, 6) is -3.48. The zero-order valence-electron chi connectivity index (χ0n) is 20.9. The van der Waals surface area contributed by atoms with Crippen molar-refractivity contribution in [2.75, 3.05) is 35.2 Å². The van der Waals surface area contributed by atoms with Crippen LogP contribution in [-0.4, -0.2) is 35.5 Å². The third-order valence-corrected chi connectivity index (χ3v) is 8.35. The summed E-state index contributed by atoms with van der Waals surface area (Å²) in [5.41, 5.74) is 15.3. The molecule has 38 heavy (non-hydrogen) atoms. The monoisotopic (exact) mass is 515 g/mol. The maximum Gasteiger partial charge on any atom is 0.293 e. The second kappa shape index (κ2) is 8.46. The van der Waals surface area contributed by atoms with Crippen LogP contribution >= 0.6 is 0 Å². The van der Waals surface area contributed by atoms with E-state index < -0.39 is 18.4 Å². The van der Waals surface area contributed by atoms with Crippen molar-refractivity contribution in [1.82, 2.24) is 9.97 Å². The lowest BCUT2D eigenvalue weighted by Gasteiger charge is -2.42. The number of anilines is 3. The molecule has 8 nitrogen and oxygen atoms in total. The molecule has 0 bridgehead atoms. The highest BCUT2D eigenvalue weighted by molar-refractivity contribution is 5.96. The third-order valence-electron chi connectivity index (χ3n) is 8.35. The molecule has 1 atom stereocenters. The van der Waals surface area contributed by atoms with Gasteiger partial charge in [-0.2, -0.15) is 14.0 Å². The number of nitrogens with two attached hydrogens (primary N) is 2. The number of amides is 1. The Morgan fingerprint density at radius 2 is 1.87 bits per heavy atom. The number of carbonyl (C=O) groups excluding carboxylic acids is 1. The minimum Gasteiger partial charge on any atom is -0.382 e. The summed E-state index contributed by atoms with van der Waals surface area (Å²) < 4.78 is 30.2. The van der Waals surface area contributed by atoms with Gasteiger partial charge < -0.3 is 21.3 Å². The highest BCUT2D eigenvalue weighted by Gasteiger charge is 2.48. The Kier molecular flexibility index (Phi) is 5.40. The van der Waals surface area contributed by atoms with Crippen LogP contribution in [0, 0.1) is 16.7 Å². The molecular weight excluding hydrogens is 488 g/mol. The van der Waals surface area contributed by atoms with Gasteiger partial charge in [0.2, 0.25) is 5.91 Å². The van der Waals surface area contributed by atoms with Crippen LogP contribution in [0.2, 0.25) is 0 Å². The van der Waals surface area contributed by atoms with E-state index in [1.165, 1.54) is 30.2 Å². The molecule has 3 aliphatic rings. The molecule has 3 aromatic rings. The average molecular weight is 516 g/mol. The Labute approximate surface area is 218 Å². The lowest BCUT2D eigenvalue weighted by molar-refractivity contribution is -0.117. The van der Waals surface area contributed by atoms with Crippen LogP contribution in [0.3, 0.4) is 0 Å². The number of rotatable bonds is 2. The first-order chi connectivity index (χ1) is 18.1. The van der Waals surface area contributed by atoms with Gasteiger partial charge in [0.1, 0.15) is 11.8 Å². The number of aromatic nitrogens is 2. The summed E-state index contributed by atoms with van der Waals surface area (Å²) in [6, 6.07) is 14.8. The molecule has 2 aromatic carbocycles. The SMILES string of the molecule is CC(=O)N1CC(F)(F)c2c(-c3nc(C#N)c(N4CCC5(CC4)Cc4ccccc4[C@H]5N)nc3N)cccc21. The molecule has 0 unspecified atom stereocenters. The van der Waals surface area contributed by atoms with Crippen molar-refractivity contribution in [2.24, 2.45) is 11.1 Å². The van der Waals surface area contributed by atoms with Gasteiger partial charge in [0.05, 0.1) is 17.8 Å². The molecule has 1 fully saturated rings. The number of piperidine rings is 1. The number of nitrogens with zero attached hydrogens (tertiary/aromatic N) is 5. The van der Waals surface area contributed by atoms with Crippen LogP contribution in [0.25, 0.3) is 11.3 Å². The molecule has 10 heteroatoms. The molecule has 3 heterocycles. The number of fused-ring (bicyclic) bond motifs is 2. The van der Waals surface area contributed by atoms with E-state index in [0.717, 1.165) is 24.2 Å². The predicted molar refractivity (Wildman–Crippen MR) is 139 cm³/mol. The van der Waals surface area contributed by atoms with E-state index in [4.69, 9.17) is 11.5 Å². The molecule has 1 saturated heterocycles. The number of benzene rings is 2. The van der Waals surface area contributed by atoms with Gasteiger partial charge in [-0.05, 0) is 41.9 Å². The van der Waals surface area contributed by atoms with Crippen LogP contribution in [0.4, 0.5) is 26.1 Å². The van der Waals surface area contributed by atoms with Crippen molar-refractivity contribution in [3.05, 3.63) is 64.8 Å². The quantitative estimate of drug-likeness (QED) is 0.530. The third kappa shape index (κ3) is 3.53. The topological polar surface area (TPSA) is 125 Å². The lowest BCUT2D eigenvalue weighted by atomic mass is 9.73. The first kappa shape index (κ1) is 24.2. The summed E-state index contributed by atoms with van der Waals surface area (Å²) in [7, 11) is 0. The van der Waals surface area contributed by atoms with Gasteiger partial charge in [-0.15, -0.1) is 0 Å². The molecular formula is C28H27F2N7O. The van der Waals surface area contributed by atoms with E-state index in [0.29, 0.717) is 18.9 Å². The molecule has 1 aromatic heterocycles. The van der Waals surface area contributed by atoms with Crippen LogP contribution < -0.4 is 21.3 Å². The van der Waals surface area contributed by atoms with Crippen molar-refractivity contribution >= 4 is 23.2 Å². The van der Waals surface area contributed by atoms with E-state index >= 15 is 8.78 Å².